The van der Waals surface area contributed by atoms with E-state index in [1.165, 1.54) is 5.56 Å². The lowest BCUT2D eigenvalue weighted by atomic mass is 9.76. The summed E-state index contributed by atoms with van der Waals surface area (Å²) in [5.74, 6) is 1.92. The Kier molecular flexibility index (Phi) is 5.82. The summed E-state index contributed by atoms with van der Waals surface area (Å²) in [4.78, 5) is 9.61. The molecule has 1 N–H and O–H groups in total. The quantitative estimate of drug-likeness (QED) is 0.747. The molecule has 1 atom stereocenters. The Hall–Kier alpha value is -2.22. The number of aliphatic imine (C=N–C) groups is 1. The van der Waals surface area contributed by atoms with Gasteiger partial charge in [-0.15, -0.1) is 0 Å². The molecule has 0 aromatic heterocycles. The highest BCUT2D eigenvalue weighted by Gasteiger charge is 2.52. The minimum absolute atomic E-state index is 0.0989. The lowest BCUT2D eigenvalue weighted by molar-refractivity contribution is -0.0768. The molecule has 3 aliphatic heterocycles. The highest BCUT2D eigenvalue weighted by Crippen LogP contribution is 2.48. The number of rotatable bonds is 5. The highest BCUT2D eigenvalue weighted by molar-refractivity contribution is 8.14. The molecule has 2 aromatic rings. The minimum atomic E-state index is -1.15. The number of piperidine rings is 1. The summed E-state index contributed by atoms with van der Waals surface area (Å²) in [5, 5.41) is 12.9. The highest BCUT2D eigenvalue weighted by atomic mass is 32.2. The van der Waals surface area contributed by atoms with E-state index in [4.69, 9.17) is 14.5 Å². The van der Waals surface area contributed by atoms with E-state index in [1.54, 1.807) is 26.0 Å². The maximum Gasteiger partial charge on any atom is 0.179 e. The number of likely N-dealkylation sites (tertiary alicyclic amines) is 1. The average Bonchev–Trinajstić information content (AvgIpc) is 3.17. The van der Waals surface area contributed by atoms with E-state index in [9.17, 15) is 5.11 Å². The monoisotopic (exact) mass is 453 g/mol. The topological polar surface area (TPSA) is 57.5 Å². The number of hydrogen-bond acceptors (Lipinski definition) is 7. The first-order valence-corrected chi connectivity index (χ1v) is 12.2. The fraction of sp³-hybridized carbons (Fsp3) is 0.480. The summed E-state index contributed by atoms with van der Waals surface area (Å²) < 4.78 is 11.0. The van der Waals surface area contributed by atoms with Gasteiger partial charge in [0.1, 0.15) is 11.5 Å². The predicted octanol–water partition coefficient (Wildman–Crippen LogP) is 3.55. The van der Waals surface area contributed by atoms with Crippen molar-refractivity contribution in [2.45, 2.75) is 25.1 Å². The first-order valence-electron chi connectivity index (χ1n) is 11.2. The standard InChI is InChI=1S/C25H31N3O3S/c1-30-20-8-9-22(31-2)21(14-20)25(29)18-32-23-26-16-24(17-28(23)25)10-12-27(13-11-24)15-19-6-4-3-5-7-19/h3-9,14,29H,10-13,15-18H2,1-2H3. The molecule has 2 fully saturated rings. The van der Waals surface area contributed by atoms with Crippen LogP contribution in [-0.4, -0.2) is 66.2 Å². The molecule has 2 aromatic carbocycles. The van der Waals surface area contributed by atoms with Gasteiger partial charge < -0.3 is 19.5 Å². The number of nitrogens with zero attached hydrogens (tertiary/aromatic N) is 3. The zero-order valence-corrected chi connectivity index (χ0v) is 19.6. The number of hydrogen-bond donors (Lipinski definition) is 1. The molecule has 3 heterocycles. The number of thioether (sulfide) groups is 1. The van der Waals surface area contributed by atoms with Crippen molar-refractivity contribution in [3.63, 3.8) is 0 Å². The lowest BCUT2D eigenvalue weighted by Crippen LogP contribution is -2.56. The van der Waals surface area contributed by atoms with E-state index >= 15 is 0 Å². The third-order valence-electron chi connectivity index (χ3n) is 7.13. The summed E-state index contributed by atoms with van der Waals surface area (Å²) in [5.41, 5.74) is 1.05. The van der Waals surface area contributed by atoms with E-state index < -0.39 is 5.72 Å². The van der Waals surface area contributed by atoms with E-state index in [0.29, 0.717) is 17.3 Å². The zero-order valence-electron chi connectivity index (χ0n) is 18.8. The second kappa shape index (κ2) is 8.61. The number of methoxy groups -OCH3 is 2. The van der Waals surface area contributed by atoms with Gasteiger partial charge in [-0.05, 0) is 49.7 Å². The van der Waals surface area contributed by atoms with Crippen molar-refractivity contribution in [1.82, 2.24) is 9.80 Å². The molecular weight excluding hydrogens is 422 g/mol. The first-order chi connectivity index (χ1) is 15.5. The van der Waals surface area contributed by atoms with Crippen LogP contribution in [-0.2, 0) is 12.3 Å². The second-order valence-corrected chi connectivity index (χ2v) is 10.1. The zero-order chi connectivity index (χ0) is 22.2. The smallest absolute Gasteiger partial charge is 0.179 e. The number of benzene rings is 2. The normalized spacial score (nSPS) is 24.8. The van der Waals surface area contributed by atoms with Crippen LogP contribution in [0.25, 0.3) is 0 Å². The van der Waals surface area contributed by atoms with Crippen LogP contribution in [0.5, 0.6) is 11.5 Å². The van der Waals surface area contributed by atoms with Crippen molar-refractivity contribution in [3.05, 3.63) is 59.7 Å². The summed E-state index contributed by atoms with van der Waals surface area (Å²) in [7, 11) is 3.29. The van der Waals surface area contributed by atoms with E-state index in [1.807, 2.05) is 18.2 Å². The summed E-state index contributed by atoms with van der Waals surface area (Å²) in [6.45, 7) is 4.77. The molecule has 0 saturated carbocycles. The van der Waals surface area contributed by atoms with Gasteiger partial charge in [-0.1, -0.05) is 42.1 Å². The van der Waals surface area contributed by atoms with E-state index in [-0.39, 0.29) is 5.41 Å². The van der Waals surface area contributed by atoms with Gasteiger partial charge in [-0.25, -0.2) is 0 Å². The van der Waals surface area contributed by atoms with Crippen LogP contribution in [0.3, 0.4) is 0 Å². The maximum atomic E-state index is 11.9. The maximum absolute atomic E-state index is 11.9. The molecule has 0 bridgehead atoms. The SMILES string of the molecule is COc1ccc(OC)c(C2(O)CSC3=NCC4(CCN(Cc5ccccc5)CC4)CN32)c1. The fourth-order valence-corrected chi connectivity index (χ4v) is 6.29. The van der Waals surface area contributed by atoms with Gasteiger partial charge in [-0.3, -0.25) is 9.89 Å². The summed E-state index contributed by atoms with van der Waals surface area (Å²) >= 11 is 1.63. The number of ether oxygens (including phenoxy) is 2. The Bertz CT molecular complexity index is 991. The third kappa shape index (κ3) is 3.87. The van der Waals surface area contributed by atoms with Crippen LogP contribution in [0.15, 0.2) is 53.5 Å². The predicted molar refractivity (Wildman–Crippen MR) is 128 cm³/mol. The van der Waals surface area contributed by atoms with Crippen molar-refractivity contribution < 1.29 is 14.6 Å². The average molecular weight is 454 g/mol. The van der Waals surface area contributed by atoms with E-state index in [2.05, 4.69) is 40.1 Å². The molecule has 0 aliphatic carbocycles. The van der Waals surface area contributed by atoms with Crippen molar-refractivity contribution in [1.29, 1.82) is 0 Å². The van der Waals surface area contributed by atoms with Crippen molar-refractivity contribution >= 4 is 16.9 Å². The van der Waals surface area contributed by atoms with Gasteiger partial charge in [0, 0.05) is 25.0 Å². The minimum Gasteiger partial charge on any atom is -0.497 e. The molecule has 6 nitrogen and oxygen atoms in total. The van der Waals surface area contributed by atoms with Crippen molar-refractivity contribution in [2.24, 2.45) is 10.4 Å². The largest absolute Gasteiger partial charge is 0.497 e. The lowest BCUT2D eigenvalue weighted by Gasteiger charge is -2.48. The second-order valence-electron chi connectivity index (χ2n) is 9.12. The fourth-order valence-electron chi connectivity index (χ4n) is 5.12. The Morgan fingerprint density at radius 2 is 1.84 bits per heavy atom. The van der Waals surface area contributed by atoms with Crippen LogP contribution in [0.4, 0.5) is 0 Å². The summed E-state index contributed by atoms with van der Waals surface area (Å²) in [6, 6.07) is 16.3. The molecule has 1 unspecified atom stereocenters. The van der Waals surface area contributed by atoms with Gasteiger partial charge in [0.05, 0.1) is 25.5 Å². The molecule has 170 valence electrons. The van der Waals surface area contributed by atoms with Gasteiger partial charge in [0.2, 0.25) is 0 Å². The van der Waals surface area contributed by atoms with Crippen LogP contribution >= 0.6 is 11.8 Å². The molecular formula is C25H31N3O3S. The van der Waals surface area contributed by atoms with Gasteiger partial charge in [-0.2, -0.15) is 0 Å². The number of aliphatic hydroxyl groups is 1. The molecule has 3 aliphatic rings. The van der Waals surface area contributed by atoms with Crippen LogP contribution in [0.1, 0.15) is 24.0 Å². The molecule has 7 heteroatoms. The van der Waals surface area contributed by atoms with Crippen molar-refractivity contribution in [3.8, 4) is 11.5 Å². The van der Waals surface area contributed by atoms with E-state index in [0.717, 1.165) is 56.3 Å². The third-order valence-corrected chi connectivity index (χ3v) is 8.28. The molecule has 0 amide bonds. The Morgan fingerprint density at radius 1 is 1.06 bits per heavy atom. The molecule has 2 saturated heterocycles. The van der Waals surface area contributed by atoms with Gasteiger partial charge in [0.15, 0.2) is 10.9 Å². The first kappa shape index (κ1) is 21.6. The Morgan fingerprint density at radius 3 is 2.56 bits per heavy atom. The van der Waals surface area contributed by atoms with Gasteiger partial charge in [0.25, 0.3) is 0 Å². The van der Waals surface area contributed by atoms with Crippen molar-refractivity contribution in [2.75, 3.05) is 46.2 Å². The van der Waals surface area contributed by atoms with Crippen LogP contribution < -0.4 is 9.47 Å². The Balaban J connectivity index is 1.35. The Labute approximate surface area is 194 Å². The van der Waals surface area contributed by atoms with Crippen LogP contribution in [0, 0.1) is 5.41 Å². The number of fused-ring (bicyclic) bond motifs is 1. The summed E-state index contributed by atoms with van der Waals surface area (Å²) in [6.07, 6.45) is 2.17. The molecule has 1 spiro atoms. The molecule has 0 radical (unpaired) electrons. The number of amidine groups is 1. The van der Waals surface area contributed by atoms with Gasteiger partial charge >= 0.3 is 0 Å². The molecule has 32 heavy (non-hydrogen) atoms. The van der Waals surface area contributed by atoms with Crippen LogP contribution in [0.2, 0.25) is 0 Å². The molecule has 5 rings (SSSR count).